The van der Waals surface area contributed by atoms with Crippen LogP contribution in [0.15, 0.2) is 12.2 Å². The Labute approximate surface area is 65.4 Å². The highest BCUT2D eigenvalue weighted by molar-refractivity contribution is 5.86. The highest BCUT2D eigenvalue weighted by Crippen LogP contribution is 1.71. The average Bonchev–Trinajstić information content (AvgIpc) is 2.01. The van der Waals surface area contributed by atoms with E-state index < -0.39 is 0 Å². The maximum atomic E-state index is 10.6. The number of hydrogen-bond donors (Lipinski definition) is 2. The molecule has 0 saturated carbocycles. The van der Waals surface area contributed by atoms with Gasteiger partial charge in [0.1, 0.15) is 6.61 Å². The highest BCUT2D eigenvalue weighted by atomic mass is 16.6. The fourth-order valence-electron chi connectivity index (χ4n) is 0.358. The van der Waals surface area contributed by atoms with E-state index in [1.165, 1.54) is 12.2 Å². The van der Waals surface area contributed by atoms with Gasteiger partial charge in [0, 0.05) is 12.6 Å². The van der Waals surface area contributed by atoms with E-state index in [1.54, 1.807) is 0 Å². The van der Waals surface area contributed by atoms with Gasteiger partial charge in [-0.05, 0) is 0 Å². The van der Waals surface area contributed by atoms with E-state index in [9.17, 15) is 4.79 Å². The molecule has 0 rings (SSSR count). The van der Waals surface area contributed by atoms with Crippen LogP contribution in [-0.2, 0) is 9.63 Å². The number of amides is 1. The normalized spacial score (nSPS) is 9.45. The Balaban J connectivity index is 3.39. The summed E-state index contributed by atoms with van der Waals surface area (Å²) in [5, 5.41) is 0. The summed E-state index contributed by atoms with van der Waals surface area (Å²) in [6.07, 6.45) is 7.63. The molecule has 0 fully saturated rings. The van der Waals surface area contributed by atoms with Crippen LogP contribution in [-0.4, -0.2) is 19.1 Å². The molecule has 60 valence electrons. The van der Waals surface area contributed by atoms with Crippen LogP contribution >= 0.6 is 0 Å². The number of carbonyl (C=O) groups excluding carboxylic acids is 1. The number of nitrogens with two attached hydrogens (primary N) is 1. The van der Waals surface area contributed by atoms with E-state index in [0.717, 1.165) is 0 Å². The summed E-state index contributed by atoms with van der Waals surface area (Å²) in [5.74, 6) is 1.82. The van der Waals surface area contributed by atoms with Crippen LogP contribution in [0.5, 0.6) is 0 Å². The summed E-state index contributed by atoms with van der Waals surface area (Å²) in [4.78, 5) is 15.1. The van der Waals surface area contributed by atoms with Gasteiger partial charge in [-0.2, -0.15) is 0 Å². The minimum atomic E-state index is -0.370. The van der Waals surface area contributed by atoms with Gasteiger partial charge in [0.25, 0.3) is 5.91 Å². The SMILES string of the molecule is C#CCONC(=O)/C=C/CN. The monoisotopic (exact) mass is 154 g/mol. The van der Waals surface area contributed by atoms with Gasteiger partial charge in [0.15, 0.2) is 0 Å². The smallest absolute Gasteiger partial charge is 0.267 e. The lowest BCUT2D eigenvalue weighted by atomic mass is 10.5. The average molecular weight is 154 g/mol. The van der Waals surface area contributed by atoms with Gasteiger partial charge in [-0.25, -0.2) is 5.48 Å². The minimum Gasteiger partial charge on any atom is -0.327 e. The van der Waals surface area contributed by atoms with Crippen molar-refractivity contribution in [1.29, 1.82) is 0 Å². The number of nitrogens with one attached hydrogen (secondary N) is 1. The van der Waals surface area contributed by atoms with Crippen LogP contribution in [0.25, 0.3) is 0 Å². The maximum Gasteiger partial charge on any atom is 0.267 e. The van der Waals surface area contributed by atoms with Crippen molar-refractivity contribution < 1.29 is 9.63 Å². The third-order valence-electron chi connectivity index (χ3n) is 0.734. The molecule has 11 heavy (non-hydrogen) atoms. The van der Waals surface area contributed by atoms with Gasteiger partial charge in [0.2, 0.25) is 0 Å². The van der Waals surface area contributed by atoms with Crippen LogP contribution in [0.3, 0.4) is 0 Å². The summed E-state index contributed by atoms with van der Waals surface area (Å²) < 4.78 is 0. The Bertz CT molecular complexity index is 181. The summed E-state index contributed by atoms with van der Waals surface area (Å²) >= 11 is 0. The molecular weight excluding hydrogens is 144 g/mol. The Hall–Kier alpha value is -1.31. The predicted octanol–water partition coefficient (Wildman–Crippen LogP) is -0.818. The molecule has 4 nitrogen and oxygen atoms in total. The number of carbonyl (C=O) groups is 1. The summed E-state index contributed by atoms with van der Waals surface area (Å²) in [5.41, 5.74) is 7.19. The third kappa shape index (κ3) is 6.58. The Morgan fingerprint density at radius 2 is 2.55 bits per heavy atom. The first-order chi connectivity index (χ1) is 5.31. The lowest BCUT2D eigenvalue weighted by Crippen LogP contribution is -2.21. The molecule has 0 aliphatic carbocycles. The molecule has 0 aromatic carbocycles. The number of hydrogen-bond acceptors (Lipinski definition) is 3. The molecule has 0 bridgehead atoms. The van der Waals surface area contributed by atoms with Gasteiger partial charge in [-0.1, -0.05) is 12.0 Å². The number of rotatable bonds is 4. The van der Waals surface area contributed by atoms with E-state index in [-0.39, 0.29) is 12.5 Å². The lowest BCUT2D eigenvalue weighted by Gasteiger charge is -1.96. The zero-order valence-corrected chi connectivity index (χ0v) is 6.04. The van der Waals surface area contributed by atoms with Gasteiger partial charge in [-0.15, -0.1) is 6.42 Å². The fourth-order valence-corrected chi connectivity index (χ4v) is 0.358. The Morgan fingerprint density at radius 3 is 3.09 bits per heavy atom. The second kappa shape index (κ2) is 6.81. The molecule has 3 N–H and O–H groups in total. The Morgan fingerprint density at radius 1 is 1.82 bits per heavy atom. The second-order valence-corrected chi connectivity index (χ2v) is 1.60. The van der Waals surface area contributed by atoms with Gasteiger partial charge in [-0.3, -0.25) is 9.63 Å². The molecule has 0 aromatic heterocycles. The van der Waals surface area contributed by atoms with E-state index in [1.807, 2.05) is 0 Å². The summed E-state index contributed by atoms with van der Waals surface area (Å²) in [6, 6.07) is 0. The van der Waals surface area contributed by atoms with Crippen LogP contribution in [0.4, 0.5) is 0 Å². The molecular formula is C7H10N2O2. The van der Waals surface area contributed by atoms with Crippen LogP contribution < -0.4 is 11.2 Å². The van der Waals surface area contributed by atoms with Crippen molar-refractivity contribution in [2.45, 2.75) is 0 Å². The quantitative estimate of drug-likeness (QED) is 0.241. The first-order valence-electron chi connectivity index (χ1n) is 3.03. The fraction of sp³-hybridized carbons (Fsp3) is 0.286. The van der Waals surface area contributed by atoms with Crippen molar-refractivity contribution >= 4 is 5.91 Å². The maximum absolute atomic E-state index is 10.6. The van der Waals surface area contributed by atoms with E-state index >= 15 is 0 Å². The second-order valence-electron chi connectivity index (χ2n) is 1.60. The van der Waals surface area contributed by atoms with E-state index in [4.69, 9.17) is 12.2 Å². The first-order valence-corrected chi connectivity index (χ1v) is 3.03. The van der Waals surface area contributed by atoms with E-state index in [2.05, 4.69) is 16.2 Å². The van der Waals surface area contributed by atoms with Crippen molar-refractivity contribution in [3.8, 4) is 12.3 Å². The molecule has 0 heterocycles. The lowest BCUT2D eigenvalue weighted by molar-refractivity contribution is -0.127. The number of terminal acetylenes is 1. The first kappa shape index (κ1) is 9.69. The largest absolute Gasteiger partial charge is 0.327 e. The molecule has 0 aromatic rings. The highest BCUT2D eigenvalue weighted by Gasteiger charge is 1.90. The molecule has 0 atom stereocenters. The molecule has 0 radical (unpaired) electrons. The predicted molar refractivity (Wildman–Crippen MR) is 41.1 cm³/mol. The molecule has 0 aliphatic rings. The van der Waals surface area contributed by atoms with E-state index in [0.29, 0.717) is 6.54 Å². The van der Waals surface area contributed by atoms with Gasteiger partial charge in [0.05, 0.1) is 0 Å². The number of hydroxylamine groups is 1. The molecule has 1 amide bonds. The molecule has 0 unspecified atom stereocenters. The zero-order valence-electron chi connectivity index (χ0n) is 6.04. The van der Waals surface area contributed by atoms with Gasteiger partial charge >= 0.3 is 0 Å². The summed E-state index contributed by atoms with van der Waals surface area (Å²) in [7, 11) is 0. The molecule has 0 spiro atoms. The van der Waals surface area contributed by atoms with Crippen LogP contribution in [0, 0.1) is 12.3 Å². The van der Waals surface area contributed by atoms with Crippen molar-refractivity contribution in [1.82, 2.24) is 5.48 Å². The summed E-state index contributed by atoms with van der Waals surface area (Å²) in [6.45, 7) is 0.380. The molecule has 0 saturated heterocycles. The van der Waals surface area contributed by atoms with Gasteiger partial charge < -0.3 is 5.73 Å². The minimum absolute atomic E-state index is 0.0577. The molecule has 4 heteroatoms. The van der Waals surface area contributed by atoms with Crippen molar-refractivity contribution in [3.63, 3.8) is 0 Å². The van der Waals surface area contributed by atoms with Crippen LogP contribution in [0.2, 0.25) is 0 Å². The van der Waals surface area contributed by atoms with Crippen molar-refractivity contribution in [2.24, 2.45) is 5.73 Å². The topological polar surface area (TPSA) is 64.3 Å². The van der Waals surface area contributed by atoms with Crippen molar-refractivity contribution in [2.75, 3.05) is 13.2 Å². The third-order valence-corrected chi connectivity index (χ3v) is 0.734. The van der Waals surface area contributed by atoms with Crippen LogP contribution in [0.1, 0.15) is 0 Å². The standard InChI is InChI=1S/C7H10N2O2/c1-2-6-11-9-7(10)4-3-5-8/h1,3-4H,5-6,8H2,(H,9,10)/b4-3+. The zero-order chi connectivity index (χ0) is 8.53. The van der Waals surface area contributed by atoms with Crippen molar-refractivity contribution in [3.05, 3.63) is 12.2 Å². The molecule has 0 aliphatic heterocycles. The Kier molecular flexibility index (Phi) is 5.99.